The summed E-state index contributed by atoms with van der Waals surface area (Å²) in [6.07, 6.45) is 1.47. The molecule has 3 rings (SSSR count). The van der Waals surface area contributed by atoms with Crippen molar-refractivity contribution in [2.45, 2.75) is 18.7 Å². The summed E-state index contributed by atoms with van der Waals surface area (Å²) in [5.74, 6) is 0.283. The molecule has 2 heterocycles. The molecule has 0 radical (unpaired) electrons. The van der Waals surface area contributed by atoms with Crippen LogP contribution in [-0.4, -0.2) is 55.5 Å². The number of aryl methyl sites for hydroxylation is 1. The predicted molar refractivity (Wildman–Crippen MR) is 94.6 cm³/mol. The number of carbonyl (C=O) groups is 2. The highest BCUT2D eigenvalue weighted by molar-refractivity contribution is 7.89. The molecular weight excluding hydrogens is 356 g/mol. The van der Waals surface area contributed by atoms with Gasteiger partial charge in [-0.3, -0.25) is 9.59 Å². The summed E-state index contributed by atoms with van der Waals surface area (Å²) in [5.41, 5.74) is 0.968. The molecule has 0 aliphatic carbocycles. The Morgan fingerprint density at radius 1 is 1.00 bits per heavy atom. The molecule has 0 unspecified atom stereocenters. The van der Waals surface area contributed by atoms with E-state index in [4.69, 9.17) is 4.42 Å². The third-order valence-corrected chi connectivity index (χ3v) is 6.43. The molecule has 0 atom stereocenters. The Kier molecular flexibility index (Phi) is 4.97. The summed E-state index contributed by atoms with van der Waals surface area (Å²) in [6, 6.07) is 7.53. The minimum absolute atomic E-state index is 0.115. The quantitative estimate of drug-likeness (QED) is 0.761. The van der Waals surface area contributed by atoms with Crippen molar-refractivity contribution in [2.75, 3.05) is 26.2 Å². The van der Waals surface area contributed by atoms with Gasteiger partial charge in [-0.25, -0.2) is 8.42 Å². The van der Waals surface area contributed by atoms with E-state index < -0.39 is 10.0 Å². The number of carbonyl (C=O) groups excluding carboxylic acids is 2. The predicted octanol–water partition coefficient (Wildman–Crippen LogP) is 1.94. The number of ketones is 1. The Labute approximate surface area is 152 Å². The molecular formula is C18H20N2O5S. The molecule has 0 spiro atoms. The Bertz CT molecular complexity index is 923. The first-order valence-electron chi connectivity index (χ1n) is 8.25. The van der Waals surface area contributed by atoms with Gasteiger partial charge in [-0.2, -0.15) is 4.31 Å². The number of piperazine rings is 1. The Balaban J connectivity index is 1.69. The molecule has 1 saturated heterocycles. The summed E-state index contributed by atoms with van der Waals surface area (Å²) in [4.78, 5) is 25.6. The van der Waals surface area contributed by atoms with Gasteiger partial charge in [0.2, 0.25) is 10.0 Å². The van der Waals surface area contributed by atoms with Crippen LogP contribution in [0.15, 0.2) is 45.9 Å². The number of amides is 1. The first-order valence-corrected chi connectivity index (χ1v) is 9.69. The first kappa shape index (κ1) is 18.3. The van der Waals surface area contributed by atoms with Gasteiger partial charge in [0, 0.05) is 31.7 Å². The van der Waals surface area contributed by atoms with Gasteiger partial charge in [-0.1, -0.05) is 12.1 Å². The van der Waals surface area contributed by atoms with Gasteiger partial charge in [0.1, 0.15) is 5.76 Å². The molecule has 138 valence electrons. The van der Waals surface area contributed by atoms with Gasteiger partial charge < -0.3 is 9.32 Å². The Morgan fingerprint density at radius 2 is 1.62 bits per heavy atom. The fourth-order valence-electron chi connectivity index (χ4n) is 2.92. The molecule has 0 N–H and O–H groups in total. The normalized spacial score (nSPS) is 15.8. The van der Waals surface area contributed by atoms with E-state index in [0.717, 1.165) is 0 Å². The number of hydrogen-bond acceptors (Lipinski definition) is 5. The largest absolute Gasteiger partial charge is 0.469 e. The molecule has 26 heavy (non-hydrogen) atoms. The van der Waals surface area contributed by atoms with Crippen molar-refractivity contribution < 1.29 is 22.4 Å². The topological polar surface area (TPSA) is 87.9 Å². The third-order valence-electron chi connectivity index (χ3n) is 4.51. The maximum Gasteiger partial charge on any atom is 0.257 e. The lowest BCUT2D eigenvalue weighted by molar-refractivity contribution is 0.0696. The van der Waals surface area contributed by atoms with E-state index in [1.165, 1.54) is 41.8 Å². The number of sulfonamides is 1. The average Bonchev–Trinajstić information content (AvgIpc) is 3.07. The van der Waals surface area contributed by atoms with Gasteiger partial charge in [-0.05, 0) is 32.0 Å². The van der Waals surface area contributed by atoms with E-state index in [1.807, 2.05) is 0 Å². The van der Waals surface area contributed by atoms with Crippen LogP contribution in [0.4, 0.5) is 0 Å². The number of Topliss-reactive ketones (excluding diaryl/α,β-unsaturated/α-hetero) is 1. The summed E-state index contributed by atoms with van der Waals surface area (Å²) >= 11 is 0. The van der Waals surface area contributed by atoms with Crippen molar-refractivity contribution in [1.82, 2.24) is 9.21 Å². The second-order valence-electron chi connectivity index (χ2n) is 6.17. The van der Waals surface area contributed by atoms with Crippen molar-refractivity contribution in [3.63, 3.8) is 0 Å². The zero-order chi connectivity index (χ0) is 18.9. The van der Waals surface area contributed by atoms with Gasteiger partial charge in [0.05, 0.1) is 16.7 Å². The highest BCUT2D eigenvalue weighted by Crippen LogP contribution is 2.20. The zero-order valence-electron chi connectivity index (χ0n) is 14.6. The lowest BCUT2D eigenvalue weighted by Crippen LogP contribution is -2.50. The van der Waals surface area contributed by atoms with Crippen molar-refractivity contribution in [1.29, 1.82) is 0 Å². The summed E-state index contributed by atoms with van der Waals surface area (Å²) in [7, 11) is -3.65. The van der Waals surface area contributed by atoms with Crippen LogP contribution in [-0.2, 0) is 10.0 Å². The summed E-state index contributed by atoms with van der Waals surface area (Å²) in [6.45, 7) is 4.22. The van der Waals surface area contributed by atoms with E-state index >= 15 is 0 Å². The number of hydrogen-bond donors (Lipinski definition) is 0. The minimum Gasteiger partial charge on any atom is -0.469 e. The van der Waals surface area contributed by atoms with E-state index in [-0.39, 0.29) is 29.7 Å². The number of furan rings is 1. The van der Waals surface area contributed by atoms with Crippen molar-refractivity contribution in [3.8, 4) is 0 Å². The molecule has 1 aliphatic rings. The molecule has 0 bridgehead atoms. The van der Waals surface area contributed by atoms with E-state index in [0.29, 0.717) is 30.0 Å². The zero-order valence-corrected chi connectivity index (χ0v) is 15.5. The fraction of sp³-hybridized carbons (Fsp3) is 0.333. The van der Waals surface area contributed by atoms with Crippen LogP contribution < -0.4 is 0 Å². The maximum absolute atomic E-state index is 12.8. The first-order chi connectivity index (χ1) is 12.3. The minimum atomic E-state index is -3.65. The highest BCUT2D eigenvalue weighted by atomic mass is 32.2. The van der Waals surface area contributed by atoms with Gasteiger partial charge in [0.15, 0.2) is 5.78 Å². The smallest absolute Gasteiger partial charge is 0.257 e. The molecule has 7 nitrogen and oxygen atoms in total. The van der Waals surface area contributed by atoms with Crippen LogP contribution in [0.3, 0.4) is 0 Å². The second-order valence-corrected chi connectivity index (χ2v) is 8.11. The number of rotatable bonds is 4. The van der Waals surface area contributed by atoms with Crippen molar-refractivity contribution in [3.05, 3.63) is 53.5 Å². The molecule has 1 aromatic heterocycles. The fourth-order valence-corrected chi connectivity index (χ4v) is 4.34. The van der Waals surface area contributed by atoms with Gasteiger partial charge >= 0.3 is 0 Å². The van der Waals surface area contributed by atoms with Crippen LogP contribution in [0.1, 0.15) is 33.4 Å². The lowest BCUT2D eigenvalue weighted by Gasteiger charge is -2.34. The van der Waals surface area contributed by atoms with Crippen LogP contribution >= 0.6 is 0 Å². The van der Waals surface area contributed by atoms with Gasteiger partial charge in [-0.15, -0.1) is 0 Å². The van der Waals surface area contributed by atoms with Crippen LogP contribution in [0, 0.1) is 6.92 Å². The Morgan fingerprint density at radius 3 is 2.12 bits per heavy atom. The van der Waals surface area contributed by atoms with E-state index in [1.54, 1.807) is 17.9 Å². The van der Waals surface area contributed by atoms with Crippen molar-refractivity contribution >= 4 is 21.7 Å². The molecule has 1 aromatic carbocycles. The SMILES string of the molecule is CC(=O)c1ccc(S(=O)(=O)N2CCN(C(=O)c3ccoc3C)CC2)cc1. The number of benzene rings is 1. The average molecular weight is 376 g/mol. The van der Waals surface area contributed by atoms with Crippen molar-refractivity contribution in [2.24, 2.45) is 0 Å². The van der Waals surface area contributed by atoms with Crippen LogP contribution in [0.5, 0.6) is 0 Å². The molecule has 1 amide bonds. The van der Waals surface area contributed by atoms with Gasteiger partial charge in [0.25, 0.3) is 5.91 Å². The van der Waals surface area contributed by atoms with Crippen LogP contribution in [0.2, 0.25) is 0 Å². The maximum atomic E-state index is 12.8. The molecule has 1 aliphatic heterocycles. The third kappa shape index (κ3) is 3.42. The highest BCUT2D eigenvalue weighted by Gasteiger charge is 2.31. The standard InChI is InChI=1S/C18H20N2O5S/c1-13(21)15-3-5-16(6-4-15)26(23,24)20-10-8-19(9-11-20)18(22)17-7-12-25-14(17)2/h3-7,12H,8-11H2,1-2H3. The molecule has 1 fully saturated rings. The summed E-state index contributed by atoms with van der Waals surface area (Å²) in [5, 5.41) is 0. The van der Waals surface area contributed by atoms with E-state index in [9.17, 15) is 18.0 Å². The second kappa shape index (κ2) is 7.05. The summed E-state index contributed by atoms with van der Waals surface area (Å²) < 4.78 is 32.0. The molecule has 0 saturated carbocycles. The molecule has 8 heteroatoms. The van der Waals surface area contributed by atoms with E-state index in [2.05, 4.69) is 0 Å². The molecule has 2 aromatic rings. The Hall–Kier alpha value is -2.45. The monoisotopic (exact) mass is 376 g/mol. The van der Waals surface area contributed by atoms with Crippen LogP contribution in [0.25, 0.3) is 0 Å². The lowest BCUT2D eigenvalue weighted by atomic mass is 10.2. The number of nitrogens with zero attached hydrogens (tertiary/aromatic N) is 2.